The molecule has 4 aromatic rings. The Kier molecular flexibility index (Phi) is 6.28. The topological polar surface area (TPSA) is 75.9 Å². The Hall–Kier alpha value is -3.65. The Morgan fingerprint density at radius 2 is 1.68 bits per heavy atom. The molecule has 3 aromatic carbocycles. The lowest BCUT2D eigenvalue weighted by molar-refractivity contribution is 0.102. The molecule has 0 aliphatic heterocycles. The lowest BCUT2D eigenvalue weighted by Gasteiger charge is -2.13. The molecule has 0 aliphatic carbocycles. The van der Waals surface area contributed by atoms with Gasteiger partial charge in [0, 0.05) is 30.4 Å². The van der Waals surface area contributed by atoms with Crippen molar-refractivity contribution in [3.8, 4) is 5.69 Å². The highest BCUT2D eigenvalue weighted by atomic mass is 32.2. The summed E-state index contributed by atoms with van der Waals surface area (Å²) in [4.78, 5) is 15.8. The van der Waals surface area contributed by atoms with E-state index in [4.69, 9.17) is 0 Å². The number of para-hydroxylation sites is 1. The van der Waals surface area contributed by atoms with Gasteiger partial charge in [0.2, 0.25) is 0 Å². The number of carbonyl (C=O) groups excluding carboxylic acids is 1. The summed E-state index contributed by atoms with van der Waals surface area (Å²) in [5.74, 6) is 1.10. The monoisotopic (exact) mass is 430 g/mol. The van der Waals surface area contributed by atoms with Crippen LogP contribution in [-0.4, -0.2) is 40.2 Å². The summed E-state index contributed by atoms with van der Waals surface area (Å²) in [6, 6.07) is 25.0. The molecule has 0 saturated heterocycles. The van der Waals surface area contributed by atoms with Gasteiger partial charge in [-0.1, -0.05) is 30.3 Å². The summed E-state index contributed by atoms with van der Waals surface area (Å²) in [6.45, 7) is 0. The molecule has 156 valence electrons. The van der Waals surface area contributed by atoms with Crippen molar-refractivity contribution in [2.45, 2.75) is 10.6 Å². The van der Waals surface area contributed by atoms with Crippen molar-refractivity contribution in [3.63, 3.8) is 0 Å². The number of thioether (sulfide) groups is 1. The number of hydrogen-bond donors (Lipinski definition) is 1. The van der Waals surface area contributed by atoms with E-state index in [1.807, 2.05) is 97.9 Å². The zero-order chi connectivity index (χ0) is 21.6. The van der Waals surface area contributed by atoms with Crippen LogP contribution in [0.2, 0.25) is 0 Å². The van der Waals surface area contributed by atoms with Crippen LogP contribution >= 0.6 is 11.8 Å². The van der Waals surface area contributed by atoms with Crippen molar-refractivity contribution in [3.05, 3.63) is 90.3 Å². The average Bonchev–Trinajstić information content (AvgIpc) is 3.27. The molecule has 1 aromatic heterocycles. The number of aromatic nitrogens is 4. The van der Waals surface area contributed by atoms with E-state index in [0.29, 0.717) is 17.1 Å². The first-order valence-electron chi connectivity index (χ1n) is 9.75. The van der Waals surface area contributed by atoms with Gasteiger partial charge in [0.1, 0.15) is 0 Å². The standard InChI is InChI=1S/C23H22N6OS/c1-28(2)18-14-12-17(13-15-18)24-23(30)20-10-6-7-11-21(20)31-16-22-25-26-27-29(22)19-8-4-3-5-9-19/h3-15H,16H2,1-2H3,(H,24,30). The van der Waals surface area contributed by atoms with Crippen molar-refractivity contribution < 1.29 is 4.79 Å². The number of tetrazole rings is 1. The number of benzene rings is 3. The molecule has 0 unspecified atom stereocenters. The first-order valence-corrected chi connectivity index (χ1v) is 10.7. The van der Waals surface area contributed by atoms with Gasteiger partial charge in [0.05, 0.1) is 17.0 Å². The predicted octanol–water partition coefficient (Wildman–Crippen LogP) is 4.27. The first kappa shape index (κ1) is 20.6. The van der Waals surface area contributed by atoms with E-state index >= 15 is 0 Å². The summed E-state index contributed by atoms with van der Waals surface area (Å²) in [5.41, 5.74) is 3.34. The van der Waals surface area contributed by atoms with Gasteiger partial charge in [-0.05, 0) is 59.0 Å². The summed E-state index contributed by atoms with van der Waals surface area (Å²) >= 11 is 1.53. The molecule has 0 bridgehead atoms. The van der Waals surface area contributed by atoms with E-state index in [-0.39, 0.29) is 5.91 Å². The molecule has 1 N–H and O–H groups in total. The zero-order valence-corrected chi connectivity index (χ0v) is 18.1. The third-order valence-corrected chi connectivity index (χ3v) is 5.73. The zero-order valence-electron chi connectivity index (χ0n) is 17.3. The number of hydrogen-bond acceptors (Lipinski definition) is 6. The number of anilines is 2. The second kappa shape index (κ2) is 9.44. The summed E-state index contributed by atoms with van der Waals surface area (Å²) < 4.78 is 1.71. The highest BCUT2D eigenvalue weighted by Crippen LogP contribution is 2.27. The molecule has 0 radical (unpaired) electrons. The molecule has 31 heavy (non-hydrogen) atoms. The lowest BCUT2D eigenvalue weighted by atomic mass is 10.2. The van der Waals surface area contributed by atoms with Gasteiger partial charge in [-0.3, -0.25) is 4.79 Å². The third-order valence-electron chi connectivity index (χ3n) is 4.66. The summed E-state index contributed by atoms with van der Waals surface area (Å²) in [6.07, 6.45) is 0. The highest BCUT2D eigenvalue weighted by Gasteiger charge is 2.14. The lowest BCUT2D eigenvalue weighted by Crippen LogP contribution is -2.13. The normalized spacial score (nSPS) is 10.6. The second-order valence-electron chi connectivity index (χ2n) is 7.02. The smallest absolute Gasteiger partial charge is 0.256 e. The third kappa shape index (κ3) is 4.92. The van der Waals surface area contributed by atoms with Gasteiger partial charge in [-0.25, -0.2) is 0 Å². The molecular weight excluding hydrogens is 408 g/mol. The SMILES string of the molecule is CN(C)c1ccc(NC(=O)c2ccccc2SCc2nnnn2-c2ccccc2)cc1. The van der Waals surface area contributed by atoms with Crippen LogP contribution in [0.5, 0.6) is 0 Å². The van der Waals surface area contributed by atoms with E-state index in [2.05, 4.69) is 20.8 Å². The minimum absolute atomic E-state index is 0.150. The minimum Gasteiger partial charge on any atom is -0.378 e. The van der Waals surface area contributed by atoms with Gasteiger partial charge in [0.25, 0.3) is 5.91 Å². The number of nitrogens with zero attached hydrogens (tertiary/aromatic N) is 5. The van der Waals surface area contributed by atoms with Gasteiger partial charge in [-0.2, -0.15) is 4.68 Å². The molecule has 7 nitrogen and oxygen atoms in total. The van der Waals surface area contributed by atoms with Gasteiger partial charge < -0.3 is 10.2 Å². The molecule has 4 rings (SSSR count). The Morgan fingerprint density at radius 1 is 0.968 bits per heavy atom. The first-order chi connectivity index (χ1) is 15.1. The predicted molar refractivity (Wildman–Crippen MR) is 124 cm³/mol. The van der Waals surface area contributed by atoms with Crippen LogP contribution in [0.3, 0.4) is 0 Å². The van der Waals surface area contributed by atoms with Crippen LogP contribution < -0.4 is 10.2 Å². The molecule has 8 heteroatoms. The molecule has 0 atom stereocenters. The number of carbonyl (C=O) groups is 1. The molecule has 1 amide bonds. The minimum atomic E-state index is -0.150. The Labute approximate surface area is 185 Å². The van der Waals surface area contributed by atoms with Crippen LogP contribution in [0.25, 0.3) is 5.69 Å². The van der Waals surface area contributed by atoms with E-state index in [9.17, 15) is 4.79 Å². The number of rotatable bonds is 7. The fourth-order valence-electron chi connectivity index (χ4n) is 3.03. The quantitative estimate of drug-likeness (QED) is 0.441. The van der Waals surface area contributed by atoms with Crippen LogP contribution in [0, 0.1) is 0 Å². The average molecular weight is 431 g/mol. The highest BCUT2D eigenvalue weighted by molar-refractivity contribution is 7.98. The van der Waals surface area contributed by atoms with Crippen molar-refractivity contribution in [2.75, 3.05) is 24.3 Å². The van der Waals surface area contributed by atoms with Crippen molar-refractivity contribution >= 4 is 29.0 Å². The van der Waals surface area contributed by atoms with Gasteiger partial charge in [0.15, 0.2) is 5.82 Å². The van der Waals surface area contributed by atoms with E-state index in [1.165, 1.54) is 11.8 Å². The van der Waals surface area contributed by atoms with Crippen LogP contribution in [0.1, 0.15) is 16.2 Å². The maximum absolute atomic E-state index is 12.9. The Morgan fingerprint density at radius 3 is 2.42 bits per heavy atom. The molecule has 0 saturated carbocycles. The largest absolute Gasteiger partial charge is 0.378 e. The van der Waals surface area contributed by atoms with Gasteiger partial charge in [-0.15, -0.1) is 16.9 Å². The van der Waals surface area contributed by atoms with E-state index < -0.39 is 0 Å². The van der Waals surface area contributed by atoms with Crippen LogP contribution in [-0.2, 0) is 5.75 Å². The van der Waals surface area contributed by atoms with Crippen molar-refractivity contribution in [1.82, 2.24) is 20.2 Å². The molecule has 0 spiro atoms. The van der Waals surface area contributed by atoms with Crippen LogP contribution in [0.15, 0.2) is 83.8 Å². The van der Waals surface area contributed by atoms with Crippen molar-refractivity contribution in [2.24, 2.45) is 0 Å². The summed E-state index contributed by atoms with van der Waals surface area (Å²) in [7, 11) is 3.96. The molecule has 1 heterocycles. The fourth-order valence-corrected chi connectivity index (χ4v) is 3.98. The molecule has 0 aliphatic rings. The van der Waals surface area contributed by atoms with Crippen LogP contribution in [0.4, 0.5) is 11.4 Å². The molecule has 0 fully saturated rings. The van der Waals surface area contributed by atoms with E-state index in [0.717, 1.165) is 22.0 Å². The number of amides is 1. The maximum Gasteiger partial charge on any atom is 0.256 e. The Balaban J connectivity index is 1.48. The molecular formula is C23H22N6OS. The Bertz CT molecular complexity index is 1160. The maximum atomic E-state index is 12.9. The summed E-state index contributed by atoms with van der Waals surface area (Å²) in [5, 5.41) is 15.0. The van der Waals surface area contributed by atoms with Crippen molar-refractivity contribution in [1.29, 1.82) is 0 Å². The fraction of sp³-hybridized carbons (Fsp3) is 0.130. The number of nitrogens with one attached hydrogen (secondary N) is 1. The second-order valence-corrected chi connectivity index (χ2v) is 8.04. The van der Waals surface area contributed by atoms with E-state index in [1.54, 1.807) is 4.68 Å². The van der Waals surface area contributed by atoms with Gasteiger partial charge >= 0.3 is 0 Å².